The van der Waals surface area contributed by atoms with Crippen molar-refractivity contribution in [3.8, 4) is 16.9 Å². The zero-order valence-electron chi connectivity index (χ0n) is 25.3. The molecule has 2 aliphatic rings. The molecule has 0 aliphatic carbocycles. The maximum atomic E-state index is 16.2. The minimum absolute atomic E-state index is 0.00105. The highest BCUT2D eigenvalue weighted by molar-refractivity contribution is 5.92. The molecule has 1 aromatic carbocycles. The number of benzene rings is 1. The number of halogens is 2. The lowest BCUT2D eigenvalue weighted by atomic mass is 10.00. The molecule has 1 saturated heterocycles. The number of piperazine rings is 1. The fourth-order valence-corrected chi connectivity index (χ4v) is 6.36. The zero-order chi connectivity index (χ0) is 31.3. The highest BCUT2D eigenvalue weighted by Gasteiger charge is 2.34. The van der Waals surface area contributed by atoms with Gasteiger partial charge in [-0.3, -0.25) is 9.78 Å². The number of nitrogens with zero attached hydrogens (tertiary/aromatic N) is 6. The van der Waals surface area contributed by atoms with Gasteiger partial charge < -0.3 is 15.1 Å². The van der Waals surface area contributed by atoms with Crippen LogP contribution in [-0.4, -0.2) is 62.0 Å². The molecule has 0 saturated carbocycles. The molecule has 0 radical (unpaired) electrons. The number of nitrogens with one attached hydrogen (secondary N) is 1. The van der Waals surface area contributed by atoms with Crippen molar-refractivity contribution >= 4 is 28.4 Å². The Hall–Kier alpha value is -4.67. The number of hydrogen-bond donors (Lipinski definition) is 1. The Labute approximate surface area is 254 Å². The Morgan fingerprint density at radius 1 is 1.11 bits per heavy atom. The zero-order valence-corrected chi connectivity index (χ0v) is 25.3. The molecule has 2 atom stereocenters. The molecule has 9 nitrogen and oxygen atoms in total. The van der Waals surface area contributed by atoms with E-state index in [-0.39, 0.29) is 46.6 Å². The van der Waals surface area contributed by atoms with Crippen LogP contribution in [0, 0.1) is 11.6 Å². The van der Waals surface area contributed by atoms with Crippen LogP contribution in [0.1, 0.15) is 51.3 Å². The van der Waals surface area contributed by atoms with Gasteiger partial charge in [0.05, 0.1) is 22.3 Å². The number of pyridine rings is 2. The first-order valence-corrected chi connectivity index (χ1v) is 14.9. The number of anilines is 2. The van der Waals surface area contributed by atoms with Gasteiger partial charge in [-0.15, -0.1) is 0 Å². The summed E-state index contributed by atoms with van der Waals surface area (Å²) in [5.41, 5.74) is 1.91. The van der Waals surface area contributed by atoms with Crippen molar-refractivity contribution in [2.45, 2.75) is 58.5 Å². The minimum Gasteiger partial charge on any atom is -0.384 e. The van der Waals surface area contributed by atoms with Gasteiger partial charge in [0, 0.05) is 43.6 Å². The summed E-state index contributed by atoms with van der Waals surface area (Å²) in [5.74, 6) is -1.34. The topological polar surface area (TPSA) is 96.3 Å². The van der Waals surface area contributed by atoms with E-state index in [0.29, 0.717) is 54.9 Å². The van der Waals surface area contributed by atoms with Crippen molar-refractivity contribution in [1.82, 2.24) is 24.4 Å². The predicted octanol–water partition coefficient (Wildman–Crippen LogP) is 5.21. The molecule has 1 amide bonds. The molecule has 1 N–H and O–H groups in total. The summed E-state index contributed by atoms with van der Waals surface area (Å²) in [4.78, 5) is 44.3. The normalized spacial score (nSPS) is 18.3. The van der Waals surface area contributed by atoms with Crippen LogP contribution in [0.5, 0.6) is 0 Å². The van der Waals surface area contributed by atoms with Gasteiger partial charge in [-0.25, -0.2) is 23.1 Å². The lowest BCUT2D eigenvalue weighted by Gasteiger charge is -2.44. The first-order valence-electron chi connectivity index (χ1n) is 14.9. The maximum absolute atomic E-state index is 16.2. The van der Waals surface area contributed by atoms with Crippen LogP contribution < -0.4 is 15.9 Å². The van der Waals surface area contributed by atoms with Gasteiger partial charge in [-0.2, -0.15) is 4.98 Å². The molecule has 4 aromatic rings. The molecule has 2 aliphatic heterocycles. The first-order chi connectivity index (χ1) is 21.1. The molecule has 11 heteroatoms. The third-order valence-corrected chi connectivity index (χ3v) is 8.51. The second-order valence-electron chi connectivity index (χ2n) is 11.8. The van der Waals surface area contributed by atoms with Gasteiger partial charge in [-0.1, -0.05) is 26.5 Å². The average Bonchev–Trinajstić information content (AvgIpc) is 2.99. The van der Waals surface area contributed by atoms with Crippen LogP contribution in [0.3, 0.4) is 0 Å². The van der Waals surface area contributed by atoms with Crippen LogP contribution in [0.2, 0.25) is 0 Å². The largest absolute Gasteiger partial charge is 0.384 e. The molecule has 228 valence electrons. The summed E-state index contributed by atoms with van der Waals surface area (Å²) >= 11 is 0. The number of carbonyl (C=O) groups is 1. The Morgan fingerprint density at radius 3 is 2.66 bits per heavy atom. The second kappa shape index (κ2) is 11.4. The van der Waals surface area contributed by atoms with Crippen LogP contribution in [0.4, 0.5) is 20.3 Å². The van der Waals surface area contributed by atoms with E-state index in [9.17, 15) is 9.59 Å². The van der Waals surface area contributed by atoms with Crippen LogP contribution >= 0.6 is 0 Å². The molecule has 0 unspecified atom stereocenters. The third-order valence-electron chi connectivity index (χ3n) is 8.51. The average molecular weight is 600 g/mol. The molecule has 6 rings (SSSR count). The van der Waals surface area contributed by atoms with Gasteiger partial charge in [0.15, 0.2) is 11.5 Å². The second-order valence-corrected chi connectivity index (χ2v) is 11.8. The van der Waals surface area contributed by atoms with E-state index in [1.807, 2.05) is 38.7 Å². The van der Waals surface area contributed by atoms with E-state index in [4.69, 9.17) is 4.98 Å². The monoisotopic (exact) mass is 599 g/mol. The molecule has 3 aromatic heterocycles. The molecule has 5 heterocycles. The highest BCUT2D eigenvalue weighted by Crippen LogP contribution is 2.37. The number of aryl methyl sites for hydroxylation is 1. The van der Waals surface area contributed by atoms with Crippen LogP contribution in [0.25, 0.3) is 28.0 Å². The van der Waals surface area contributed by atoms with E-state index >= 15 is 8.78 Å². The first kappa shape index (κ1) is 29.4. The fourth-order valence-electron chi connectivity index (χ4n) is 6.36. The van der Waals surface area contributed by atoms with Gasteiger partial charge in [0.2, 0.25) is 5.91 Å². The number of hydrogen-bond acceptors (Lipinski definition) is 7. The summed E-state index contributed by atoms with van der Waals surface area (Å²) in [5, 5.41) is 3.57. The van der Waals surface area contributed by atoms with Crippen molar-refractivity contribution in [3.63, 3.8) is 0 Å². The van der Waals surface area contributed by atoms with Crippen molar-refractivity contribution < 1.29 is 13.6 Å². The summed E-state index contributed by atoms with van der Waals surface area (Å²) in [6, 6.07) is 7.23. The molecular weight excluding hydrogens is 564 g/mol. The van der Waals surface area contributed by atoms with E-state index < -0.39 is 17.3 Å². The number of rotatable bonds is 3. The van der Waals surface area contributed by atoms with Crippen molar-refractivity contribution in [3.05, 3.63) is 82.6 Å². The van der Waals surface area contributed by atoms with E-state index in [2.05, 4.69) is 21.9 Å². The van der Waals surface area contributed by atoms with E-state index in [1.165, 1.54) is 22.8 Å². The lowest BCUT2D eigenvalue weighted by Crippen LogP contribution is -2.58. The Kier molecular flexibility index (Phi) is 7.65. The fraction of sp³-hybridized carbons (Fsp3) is 0.364. The van der Waals surface area contributed by atoms with Crippen molar-refractivity contribution in [2.75, 3.05) is 29.9 Å². The molecule has 44 heavy (non-hydrogen) atoms. The van der Waals surface area contributed by atoms with Crippen molar-refractivity contribution in [1.29, 1.82) is 0 Å². The van der Waals surface area contributed by atoms with Gasteiger partial charge in [-0.05, 0) is 68.5 Å². The predicted molar refractivity (Wildman–Crippen MR) is 167 cm³/mol. The standard InChI is InChI=1S/C33H35F2N7O2/c1-6-26(43)40-16-20(5)41(17-19(40)4)31-22-15-24(35)29-27-23(34)10-7-11-25(27)36-13-8-9-21-12-14-37-28(18(2)3)30(21)42(32(22)38-29)33(44)39-31/h6-7,10-12,14-15,18-20,36H,1,8-9,13,16-17H2,2-5H3/t19-,20+/m1/s1. The SMILES string of the molecule is C=CC(=O)N1C[C@H](C)N(c2nc(=O)n3c4nc(c(F)cc24)-c2c(F)cccc2NCCCc2ccnc(C(C)C)c2-3)C[C@H]1C. The highest BCUT2D eigenvalue weighted by atomic mass is 19.1. The quantitative estimate of drug-likeness (QED) is 0.323. The van der Waals surface area contributed by atoms with Crippen LogP contribution in [0.15, 0.2) is 54.0 Å². The van der Waals surface area contributed by atoms with E-state index in [1.54, 1.807) is 23.2 Å². The number of amides is 1. The summed E-state index contributed by atoms with van der Waals surface area (Å²) in [7, 11) is 0. The number of aromatic nitrogens is 4. The third kappa shape index (κ3) is 4.89. The van der Waals surface area contributed by atoms with Crippen LogP contribution in [-0.2, 0) is 11.2 Å². The summed E-state index contributed by atoms with van der Waals surface area (Å²) < 4.78 is 33.1. The van der Waals surface area contributed by atoms with Gasteiger partial charge in [0.25, 0.3) is 0 Å². The number of carbonyl (C=O) groups excluding carboxylic acids is 1. The number of fused-ring (bicyclic) bond motifs is 5. The minimum atomic E-state index is -0.743. The Morgan fingerprint density at radius 2 is 1.91 bits per heavy atom. The Balaban J connectivity index is 1.69. The van der Waals surface area contributed by atoms with Gasteiger partial charge in [0.1, 0.15) is 17.3 Å². The summed E-state index contributed by atoms with van der Waals surface area (Å²) in [6.45, 7) is 12.6. The molecular formula is C33H35F2N7O2. The molecule has 2 bridgehead atoms. The maximum Gasteiger partial charge on any atom is 0.355 e. The summed E-state index contributed by atoms with van der Waals surface area (Å²) in [6.07, 6.45) is 4.29. The van der Waals surface area contributed by atoms with Gasteiger partial charge >= 0.3 is 5.69 Å². The molecule has 0 spiro atoms. The smallest absolute Gasteiger partial charge is 0.355 e. The lowest BCUT2D eigenvalue weighted by molar-refractivity contribution is -0.128. The van der Waals surface area contributed by atoms with Crippen molar-refractivity contribution in [2.24, 2.45) is 0 Å². The molecule has 1 fully saturated rings. The Bertz CT molecular complexity index is 1850. The van der Waals surface area contributed by atoms with E-state index in [0.717, 1.165) is 5.56 Å².